The number of piperidine rings is 1. The average molecular weight is 197 g/mol. The first-order chi connectivity index (χ1) is 6.86. The molecule has 0 aromatic heterocycles. The molecular formula is C11H19NO2. The molecule has 1 saturated heterocycles. The zero-order valence-electron chi connectivity index (χ0n) is 8.63. The Kier molecular flexibility index (Phi) is 3.40. The molecule has 0 aromatic rings. The third-order valence-electron chi connectivity index (χ3n) is 3.06. The van der Waals surface area contributed by atoms with Crippen LogP contribution in [0.4, 0.5) is 0 Å². The smallest absolute Gasteiger partial charge is 0.323 e. The lowest BCUT2D eigenvalue weighted by atomic mass is 10.1. The first-order valence-corrected chi connectivity index (χ1v) is 5.76. The highest BCUT2D eigenvalue weighted by molar-refractivity contribution is 5.75. The topological polar surface area (TPSA) is 38.3 Å². The molecule has 0 radical (unpaired) electrons. The lowest BCUT2D eigenvalue weighted by Crippen LogP contribution is -2.41. The Labute approximate surface area is 85.2 Å². The van der Waals surface area contributed by atoms with E-state index < -0.39 is 0 Å². The van der Waals surface area contributed by atoms with Gasteiger partial charge in [-0.15, -0.1) is 0 Å². The van der Waals surface area contributed by atoms with Gasteiger partial charge in [0.15, 0.2) is 0 Å². The summed E-state index contributed by atoms with van der Waals surface area (Å²) in [6.07, 6.45) is 7.01. The number of hydrogen-bond donors (Lipinski definition) is 1. The van der Waals surface area contributed by atoms with Gasteiger partial charge in [-0.3, -0.25) is 4.79 Å². The van der Waals surface area contributed by atoms with Gasteiger partial charge in [-0.1, -0.05) is 19.3 Å². The largest absolute Gasteiger partial charge is 0.465 e. The van der Waals surface area contributed by atoms with Crippen molar-refractivity contribution in [3.63, 3.8) is 0 Å². The number of carbonyl (C=O) groups excluding carboxylic acids is 1. The number of esters is 1. The van der Waals surface area contributed by atoms with Crippen LogP contribution in [0, 0.1) is 5.92 Å². The molecule has 1 atom stereocenters. The van der Waals surface area contributed by atoms with Crippen LogP contribution < -0.4 is 5.32 Å². The van der Waals surface area contributed by atoms with Crippen LogP contribution >= 0.6 is 0 Å². The van der Waals surface area contributed by atoms with Crippen LogP contribution in [0.25, 0.3) is 0 Å². The molecule has 2 rings (SSSR count). The standard InChI is InChI=1S/C11H19NO2/c13-11(10-3-1-2-7-12-10)14-8-6-9-4-5-9/h9-10,12H,1-8H2/t10-/m0/s1. The molecule has 80 valence electrons. The SMILES string of the molecule is O=C(OCCC1CC1)[C@@H]1CCCCN1. The Morgan fingerprint density at radius 3 is 2.79 bits per heavy atom. The van der Waals surface area contributed by atoms with E-state index in [1.807, 2.05) is 0 Å². The van der Waals surface area contributed by atoms with Gasteiger partial charge in [-0.25, -0.2) is 0 Å². The summed E-state index contributed by atoms with van der Waals surface area (Å²) in [6, 6.07) is -0.0250. The van der Waals surface area contributed by atoms with E-state index in [9.17, 15) is 4.79 Å². The maximum absolute atomic E-state index is 11.5. The molecule has 2 aliphatic rings. The van der Waals surface area contributed by atoms with Gasteiger partial charge in [0.1, 0.15) is 6.04 Å². The number of carbonyl (C=O) groups is 1. The van der Waals surface area contributed by atoms with E-state index in [0.29, 0.717) is 6.61 Å². The predicted octanol–water partition coefficient (Wildman–Crippen LogP) is 1.47. The predicted molar refractivity (Wildman–Crippen MR) is 53.9 cm³/mol. The van der Waals surface area contributed by atoms with Crippen molar-refractivity contribution in [3.8, 4) is 0 Å². The van der Waals surface area contributed by atoms with Crippen molar-refractivity contribution in [1.82, 2.24) is 5.32 Å². The summed E-state index contributed by atoms with van der Waals surface area (Å²) in [6.45, 7) is 1.59. The Hall–Kier alpha value is -0.570. The fraction of sp³-hybridized carbons (Fsp3) is 0.909. The zero-order chi connectivity index (χ0) is 9.80. The molecule has 1 aliphatic carbocycles. The fourth-order valence-electron chi connectivity index (χ4n) is 1.89. The monoisotopic (exact) mass is 197 g/mol. The normalized spacial score (nSPS) is 27.3. The molecular weight excluding hydrogens is 178 g/mol. The van der Waals surface area contributed by atoms with Crippen LogP contribution in [0.1, 0.15) is 38.5 Å². The maximum atomic E-state index is 11.5. The van der Waals surface area contributed by atoms with E-state index in [2.05, 4.69) is 5.32 Å². The van der Waals surface area contributed by atoms with Crippen LogP contribution in [0.3, 0.4) is 0 Å². The molecule has 0 aromatic carbocycles. The van der Waals surface area contributed by atoms with E-state index in [4.69, 9.17) is 4.74 Å². The molecule has 0 spiro atoms. The van der Waals surface area contributed by atoms with Crippen LogP contribution in [-0.2, 0) is 9.53 Å². The van der Waals surface area contributed by atoms with Crippen molar-refractivity contribution in [3.05, 3.63) is 0 Å². The van der Waals surface area contributed by atoms with Crippen molar-refractivity contribution in [2.24, 2.45) is 5.92 Å². The van der Waals surface area contributed by atoms with Crippen molar-refractivity contribution in [2.75, 3.05) is 13.2 Å². The Bertz CT molecular complexity index is 195. The van der Waals surface area contributed by atoms with Crippen LogP contribution in [0.2, 0.25) is 0 Å². The number of ether oxygens (including phenoxy) is 1. The Morgan fingerprint density at radius 1 is 1.29 bits per heavy atom. The van der Waals surface area contributed by atoms with Crippen molar-refractivity contribution in [2.45, 2.75) is 44.6 Å². The molecule has 1 heterocycles. The number of hydrogen-bond acceptors (Lipinski definition) is 3. The van der Waals surface area contributed by atoms with Crippen molar-refractivity contribution >= 4 is 5.97 Å². The minimum atomic E-state index is -0.0367. The Morgan fingerprint density at radius 2 is 2.14 bits per heavy atom. The first kappa shape index (κ1) is 9.97. The first-order valence-electron chi connectivity index (χ1n) is 5.76. The highest BCUT2D eigenvalue weighted by atomic mass is 16.5. The highest BCUT2D eigenvalue weighted by Gasteiger charge is 2.24. The number of rotatable bonds is 4. The summed E-state index contributed by atoms with van der Waals surface area (Å²) in [4.78, 5) is 11.5. The lowest BCUT2D eigenvalue weighted by Gasteiger charge is -2.21. The molecule has 2 fully saturated rings. The van der Waals surface area contributed by atoms with Crippen LogP contribution in [-0.4, -0.2) is 25.2 Å². The summed E-state index contributed by atoms with van der Waals surface area (Å²) < 4.78 is 5.23. The van der Waals surface area contributed by atoms with Crippen LogP contribution in [0.5, 0.6) is 0 Å². The average Bonchev–Trinajstić information content (AvgIpc) is 3.03. The molecule has 1 N–H and O–H groups in total. The summed E-state index contributed by atoms with van der Waals surface area (Å²) in [7, 11) is 0. The molecule has 0 unspecified atom stereocenters. The summed E-state index contributed by atoms with van der Waals surface area (Å²) in [5.74, 6) is 0.812. The van der Waals surface area contributed by atoms with Gasteiger partial charge in [0.05, 0.1) is 6.61 Å². The molecule has 3 heteroatoms. The Balaban J connectivity index is 1.60. The van der Waals surface area contributed by atoms with Crippen molar-refractivity contribution < 1.29 is 9.53 Å². The van der Waals surface area contributed by atoms with Gasteiger partial charge in [-0.05, 0) is 31.7 Å². The van der Waals surface area contributed by atoms with Gasteiger partial charge in [-0.2, -0.15) is 0 Å². The second kappa shape index (κ2) is 4.78. The van der Waals surface area contributed by atoms with Gasteiger partial charge < -0.3 is 10.1 Å². The quantitative estimate of drug-likeness (QED) is 0.694. The van der Waals surface area contributed by atoms with Gasteiger partial charge in [0.2, 0.25) is 0 Å². The molecule has 3 nitrogen and oxygen atoms in total. The summed E-state index contributed by atoms with van der Waals surface area (Å²) in [5, 5.41) is 3.20. The number of nitrogens with one attached hydrogen (secondary N) is 1. The molecule has 14 heavy (non-hydrogen) atoms. The van der Waals surface area contributed by atoms with Crippen LogP contribution in [0.15, 0.2) is 0 Å². The van der Waals surface area contributed by atoms with Crippen molar-refractivity contribution in [1.29, 1.82) is 0 Å². The van der Waals surface area contributed by atoms with E-state index in [1.54, 1.807) is 0 Å². The molecule has 1 saturated carbocycles. The van der Waals surface area contributed by atoms with E-state index in [1.165, 1.54) is 19.3 Å². The van der Waals surface area contributed by atoms with E-state index >= 15 is 0 Å². The third-order valence-corrected chi connectivity index (χ3v) is 3.06. The highest BCUT2D eigenvalue weighted by Crippen LogP contribution is 2.32. The second-order valence-electron chi connectivity index (χ2n) is 4.40. The minimum absolute atomic E-state index is 0.0250. The van der Waals surface area contributed by atoms with Gasteiger partial charge >= 0.3 is 5.97 Å². The van der Waals surface area contributed by atoms with E-state index in [-0.39, 0.29) is 12.0 Å². The lowest BCUT2D eigenvalue weighted by molar-refractivity contribution is -0.147. The molecule has 0 amide bonds. The second-order valence-corrected chi connectivity index (χ2v) is 4.40. The zero-order valence-corrected chi connectivity index (χ0v) is 8.63. The summed E-state index contributed by atoms with van der Waals surface area (Å²) >= 11 is 0. The van der Waals surface area contributed by atoms with Gasteiger partial charge in [0.25, 0.3) is 0 Å². The summed E-state index contributed by atoms with van der Waals surface area (Å²) in [5.41, 5.74) is 0. The van der Waals surface area contributed by atoms with E-state index in [0.717, 1.165) is 31.7 Å². The fourth-order valence-corrected chi connectivity index (χ4v) is 1.89. The minimum Gasteiger partial charge on any atom is -0.465 e. The molecule has 0 bridgehead atoms. The molecule has 1 aliphatic heterocycles. The maximum Gasteiger partial charge on any atom is 0.323 e. The third kappa shape index (κ3) is 2.98. The van der Waals surface area contributed by atoms with Gasteiger partial charge in [0, 0.05) is 0 Å².